The molecule has 0 aromatic rings. The van der Waals surface area contributed by atoms with Gasteiger partial charge in [0.1, 0.15) is 25.2 Å². The summed E-state index contributed by atoms with van der Waals surface area (Å²) in [5.74, 6) is -4.69. The number of carbonyl (C=O) groups excluding carboxylic acids is 2. The van der Waals surface area contributed by atoms with Crippen molar-refractivity contribution in [3.63, 3.8) is 0 Å². The second kappa shape index (κ2) is 26.5. The minimum absolute atomic E-state index is 0. The van der Waals surface area contributed by atoms with Crippen LogP contribution in [0.15, 0.2) is 24.3 Å². The number of hydrogen-bond donors (Lipinski definition) is 4. The van der Waals surface area contributed by atoms with Gasteiger partial charge in [-0.3, -0.25) is 0 Å². The normalized spacial score (nSPS) is 16.7. The van der Waals surface area contributed by atoms with E-state index in [0.717, 1.165) is 38.5 Å². The Balaban J connectivity index is -0.000000767. The van der Waals surface area contributed by atoms with Crippen molar-refractivity contribution in [2.24, 2.45) is 0 Å². The standard InChI is InChI=1S/2C16H29NO5.Ca/c2*1-4-5-6-7-8-9-10-17(11-12-18,13(2)15(19)20)14(3)16(21)22;/h2*5-6,13-14,18H,4,7-12H2,1-3H3,(H-,19,20,21,22);/q;;+2/b2*6-5+;. The van der Waals surface area contributed by atoms with Gasteiger partial charge in [0, 0.05) is 0 Å². The average Bonchev–Trinajstić information content (AvgIpc) is 2.98. The van der Waals surface area contributed by atoms with Gasteiger partial charge in [0.05, 0.1) is 38.2 Å². The number of aliphatic hydroxyl groups excluding tert-OH is 2. The summed E-state index contributed by atoms with van der Waals surface area (Å²) in [7, 11) is 0. The zero-order valence-electron chi connectivity index (χ0n) is 28.4. The average molecular weight is 671 g/mol. The number of allylic oxidation sites excluding steroid dienone is 4. The zero-order valence-corrected chi connectivity index (χ0v) is 30.6. The fourth-order valence-electron chi connectivity index (χ4n) is 5.58. The number of unbranched alkanes of at least 4 members (excludes halogenated alkanes) is 4. The Morgan fingerprint density at radius 2 is 0.889 bits per heavy atom. The minimum Gasteiger partial charge on any atom is -0.544 e. The predicted molar refractivity (Wildman–Crippen MR) is 170 cm³/mol. The van der Waals surface area contributed by atoms with Crippen LogP contribution in [-0.2, 0) is 19.2 Å². The summed E-state index contributed by atoms with van der Waals surface area (Å²) in [6, 6.07) is -3.79. The van der Waals surface area contributed by atoms with E-state index in [4.69, 9.17) is 0 Å². The molecular weight excluding hydrogens is 612 g/mol. The van der Waals surface area contributed by atoms with Crippen LogP contribution in [0.1, 0.15) is 92.9 Å². The van der Waals surface area contributed by atoms with Gasteiger partial charge < -0.3 is 49.2 Å². The third-order valence-corrected chi connectivity index (χ3v) is 8.71. The van der Waals surface area contributed by atoms with Gasteiger partial charge in [0.25, 0.3) is 0 Å². The molecule has 0 aromatic carbocycles. The molecule has 0 fully saturated rings. The van der Waals surface area contributed by atoms with Crippen LogP contribution in [0.5, 0.6) is 0 Å². The second-order valence-corrected chi connectivity index (χ2v) is 11.3. The van der Waals surface area contributed by atoms with Crippen molar-refractivity contribution < 1.29 is 58.8 Å². The van der Waals surface area contributed by atoms with Gasteiger partial charge in [-0.05, 0) is 79.1 Å². The molecule has 6 unspecified atom stereocenters. The molecular formula is C32H58CaN2O10+2. The molecule has 45 heavy (non-hydrogen) atoms. The van der Waals surface area contributed by atoms with E-state index in [-0.39, 0.29) is 73.0 Å². The minimum atomic E-state index is -1.28. The fraction of sp³-hybridized carbons (Fsp3) is 0.750. The van der Waals surface area contributed by atoms with E-state index in [2.05, 4.69) is 38.2 Å². The summed E-state index contributed by atoms with van der Waals surface area (Å²) in [5.41, 5.74) is 0. The van der Waals surface area contributed by atoms with Crippen molar-refractivity contribution in [3.8, 4) is 0 Å². The quantitative estimate of drug-likeness (QED) is 0.0492. The first-order chi connectivity index (χ1) is 20.7. The van der Waals surface area contributed by atoms with E-state index in [1.165, 1.54) is 27.7 Å². The maximum Gasteiger partial charge on any atom is 2.00 e. The third kappa shape index (κ3) is 16.7. The molecule has 0 radical (unpaired) electrons. The van der Waals surface area contributed by atoms with Crippen LogP contribution < -0.4 is 10.2 Å². The number of hydrogen-bond acceptors (Lipinski definition) is 8. The number of quaternary nitrogens is 2. The van der Waals surface area contributed by atoms with Crippen LogP contribution >= 0.6 is 0 Å². The van der Waals surface area contributed by atoms with Crippen molar-refractivity contribution in [1.29, 1.82) is 0 Å². The Labute approximate surface area is 299 Å². The number of carboxylic acids is 4. The predicted octanol–water partition coefficient (Wildman–Crippen LogP) is 0.706. The summed E-state index contributed by atoms with van der Waals surface area (Å²) < 4.78 is -0.378. The first-order valence-corrected chi connectivity index (χ1v) is 15.8. The zero-order chi connectivity index (χ0) is 34.3. The van der Waals surface area contributed by atoms with Gasteiger partial charge in [-0.25, -0.2) is 9.59 Å². The molecule has 12 nitrogen and oxygen atoms in total. The smallest absolute Gasteiger partial charge is 0.544 e. The Morgan fingerprint density at radius 1 is 0.578 bits per heavy atom. The molecule has 13 heteroatoms. The Morgan fingerprint density at radius 3 is 1.11 bits per heavy atom. The Kier molecular flexibility index (Phi) is 28.2. The molecule has 256 valence electrons. The van der Waals surface area contributed by atoms with Crippen molar-refractivity contribution in [1.82, 2.24) is 0 Å². The van der Waals surface area contributed by atoms with E-state index in [1.54, 1.807) is 0 Å². The van der Waals surface area contributed by atoms with Crippen LogP contribution in [0, 0.1) is 0 Å². The van der Waals surface area contributed by atoms with Crippen molar-refractivity contribution in [2.75, 3.05) is 39.4 Å². The monoisotopic (exact) mass is 670 g/mol. The van der Waals surface area contributed by atoms with Gasteiger partial charge in [-0.1, -0.05) is 38.2 Å². The number of carbonyl (C=O) groups is 4. The molecule has 0 amide bonds. The molecule has 0 rings (SSSR count). The molecule has 0 heterocycles. The first-order valence-electron chi connectivity index (χ1n) is 15.8. The van der Waals surface area contributed by atoms with Crippen molar-refractivity contribution in [3.05, 3.63) is 24.3 Å². The summed E-state index contributed by atoms with van der Waals surface area (Å²) in [4.78, 5) is 45.4. The second-order valence-electron chi connectivity index (χ2n) is 11.3. The van der Waals surface area contributed by atoms with Crippen LogP contribution in [0.4, 0.5) is 0 Å². The third-order valence-electron chi connectivity index (χ3n) is 8.71. The summed E-state index contributed by atoms with van der Waals surface area (Å²) in [5, 5.41) is 59.9. The van der Waals surface area contributed by atoms with Gasteiger partial charge >= 0.3 is 49.7 Å². The largest absolute Gasteiger partial charge is 2.00 e. The molecule has 0 aliphatic heterocycles. The van der Waals surface area contributed by atoms with Gasteiger partial charge in [-0.15, -0.1) is 0 Å². The van der Waals surface area contributed by atoms with Crippen LogP contribution in [0.2, 0.25) is 0 Å². The summed E-state index contributed by atoms with van der Waals surface area (Å²) in [6.07, 6.45) is 15.1. The summed E-state index contributed by atoms with van der Waals surface area (Å²) >= 11 is 0. The number of carboxylic acid groups (broad SMARTS) is 4. The molecule has 0 saturated carbocycles. The van der Waals surface area contributed by atoms with E-state index in [0.29, 0.717) is 25.9 Å². The number of aliphatic carboxylic acids is 4. The van der Waals surface area contributed by atoms with Crippen LogP contribution in [0.3, 0.4) is 0 Å². The molecule has 0 aliphatic rings. The van der Waals surface area contributed by atoms with Crippen molar-refractivity contribution >= 4 is 61.6 Å². The van der Waals surface area contributed by atoms with E-state index in [9.17, 15) is 49.8 Å². The van der Waals surface area contributed by atoms with Crippen molar-refractivity contribution in [2.45, 2.75) is 117 Å². The number of aliphatic hydroxyl groups is 2. The maximum absolute atomic E-state index is 11.4. The van der Waals surface area contributed by atoms with Gasteiger partial charge in [-0.2, -0.15) is 0 Å². The van der Waals surface area contributed by atoms with E-state index in [1.807, 2.05) is 0 Å². The summed E-state index contributed by atoms with van der Waals surface area (Å²) in [6.45, 7) is 10.5. The maximum atomic E-state index is 11.4. The molecule has 0 aromatic heterocycles. The van der Waals surface area contributed by atoms with Gasteiger partial charge in [0.2, 0.25) is 0 Å². The Hall–Kier alpha value is -1.54. The molecule has 4 N–H and O–H groups in total. The first kappa shape index (κ1) is 47.9. The molecule has 0 aliphatic carbocycles. The SMILES string of the molecule is CC/C=C/CCCC[N+](CCO)(C(C)C(=O)[O-])C(C)C(=O)O.CC/C=C/CCCC[N+](CCO)(C(C)C(=O)[O-])C(C)C(=O)O.[Ca+2]. The number of nitrogens with zero attached hydrogens (tertiary/aromatic N) is 2. The molecule has 0 saturated heterocycles. The number of rotatable bonds is 24. The molecule has 0 bridgehead atoms. The van der Waals surface area contributed by atoms with E-state index < -0.39 is 48.0 Å². The van der Waals surface area contributed by atoms with Gasteiger partial charge in [0.15, 0.2) is 12.1 Å². The fourth-order valence-corrected chi connectivity index (χ4v) is 5.58. The topological polar surface area (TPSA) is 195 Å². The van der Waals surface area contributed by atoms with E-state index >= 15 is 0 Å². The molecule has 6 atom stereocenters. The van der Waals surface area contributed by atoms with Crippen LogP contribution in [-0.4, -0.2) is 155 Å². The molecule has 0 spiro atoms. The Bertz CT molecular complexity index is 800. The van der Waals surface area contributed by atoms with Crippen LogP contribution in [0.25, 0.3) is 0 Å².